The summed E-state index contributed by atoms with van der Waals surface area (Å²) in [5.41, 5.74) is 6.43. The van der Waals surface area contributed by atoms with Crippen molar-refractivity contribution in [2.75, 3.05) is 31.7 Å². The normalized spacial score (nSPS) is 12.5. The number of rotatable bonds is 5. The molecule has 1 aromatic carbocycles. The van der Waals surface area contributed by atoms with E-state index in [2.05, 4.69) is 5.32 Å². The lowest BCUT2D eigenvalue weighted by Gasteiger charge is -2.21. The summed E-state index contributed by atoms with van der Waals surface area (Å²) in [6.07, 6.45) is 0. The van der Waals surface area contributed by atoms with Gasteiger partial charge in [-0.15, -0.1) is 0 Å². The van der Waals surface area contributed by atoms with Gasteiger partial charge in [-0.3, -0.25) is 0 Å². The molecule has 0 radical (unpaired) electrons. The smallest absolute Gasteiger partial charge is 0.337 e. The monoisotopic (exact) mass is 271 g/mol. The van der Waals surface area contributed by atoms with Crippen molar-refractivity contribution in [2.24, 2.45) is 0 Å². The zero-order valence-electron chi connectivity index (χ0n) is 10.7. The Bertz CT molecular complexity index is 449. The molecular formula is C12H18ClN3O2. The fourth-order valence-electron chi connectivity index (χ4n) is 1.78. The van der Waals surface area contributed by atoms with Gasteiger partial charge in [0.25, 0.3) is 0 Å². The maximum atomic E-state index is 11.2. The minimum Gasteiger partial charge on any atom is -0.478 e. The van der Waals surface area contributed by atoms with E-state index in [0.717, 1.165) is 6.54 Å². The number of halogens is 1. The molecular weight excluding hydrogens is 254 g/mol. The van der Waals surface area contributed by atoms with E-state index in [0.29, 0.717) is 16.4 Å². The van der Waals surface area contributed by atoms with Crippen molar-refractivity contribution in [1.29, 1.82) is 0 Å². The highest BCUT2D eigenvalue weighted by Crippen LogP contribution is 2.29. The molecule has 0 aliphatic rings. The summed E-state index contributed by atoms with van der Waals surface area (Å²) in [4.78, 5) is 13.2. The summed E-state index contributed by atoms with van der Waals surface area (Å²) >= 11 is 6.04. The van der Waals surface area contributed by atoms with Crippen LogP contribution in [-0.4, -0.2) is 42.7 Å². The highest BCUT2D eigenvalue weighted by molar-refractivity contribution is 6.34. The summed E-state index contributed by atoms with van der Waals surface area (Å²) in [6, 6.07) is 3.01. The fraction of sp³-hybridized carbons (Fsp3) is 0.417. The molecule has 0 aliphatic carbocycles. The van der Waals surface area contributed by atoms with Crippen molar-refractivity contribution >= 4 is 28.9 Å². The lowest BCUT2D eigenvalue weighted by molar-refractivity contribution is 0.0698. The van der Waals surface area contributed by atoms with Gasteiger partial charge in [0.15, 0.2) is 0 Å². The number of anilines is 2. The lowest BCUT2D eigenvalue weighted by Crippen LogP contribution is -2.30. The number of hydrogen-bond donors (Lipinski definition) is 3. The van der Waals surface area contributed by atoms with Crippen molar-refractivity contribution < 1.29 is 9.90 Å². The molecule has 0 aliphatic heterocycles. The Morgan fingerprint density at radius 2 is 2.17 bits per heavy atom. The molecule has 100 valence electrons. The molecule has 0 saturated carbocycles. The van der Waals surface area contributed by atoms with Gasteiger partial charge in [-0.2, -0.15) is 0 Å². The number of benzene rings is 1. The third kappa shape index (κ3) is 3.78. The Hall–Kier alpha value is -1.46. The van der Waals surface area contributed by atoms with Crippen molar-refractivity contribution in [3.05, 3.63) is 22.7 Å². The standard InChI is InChI=1S/C12H18ClN3O2/c1-7(6-16(2)3)15-11-9(12(17)18)4-8(14)5-10(11)13/h4-5,7,15H,6,14H2,1-3H3,(H,17,18). The average Bonchev–Trinajstić information content (AvgIpc) is 2.20. The lowest BCUT2D eigenvalue weighted by atomic mass is 10.1. The molecule has 6 heteroatoms. The quantitative estimate of drug-likeness (QED) is 0.714. The number of nitrogens with two attached hydrogens (primary N) is 1. The molecule has 1 rings (SSSR count). The topological polar surface area (TPSA) is 78.6 Å². The van der Waals surface area contributed by atoms with E-state index in [9.17, 15) is 4.79 Å². The van der Waals surface area contributed by atoms with E-state index < -0.39 is 5.97 Å². The Kier molecular flexibility index (Phi) is 4.81. The van der Waals surface area contributed by atoms with Crippen molar-refractivity contribution in [1.82, 2.24) is 4.90 Å². The van der Waals surface area contributed by atoms with Gasteiger partial charge in [-0.25, -0.2) is 4.79 Å². The number of carboxylic acids is 1. The highest BCUT2D eigenvalue weighted by atomic mass is 35.5. The van der Waals surface area contributed by atoms with Gasteiger partial charge >= 0.3 is 5.97 Å². The number of hydrogen-bond acceptors (Lipinski definition) is 4. The minimum atomic E-state index is -1.05. The Morgan fingerprint density at radius 3 is 2.67 bits per heavy atom. The SMILES string of the molecule is CC(CN(C)C)Nc1c(Cl)cc(N)cc1C(=O)O. The van der Waals surface area contributed by atoms with Crippen LogP contribution in [0.15, 0.2) is 12.1 Å². The van der Waals surface area contributed by atoms with Crippen LogP contribution in [0, 0.1) is 0 Å². The maximum Gasteiger partial charge on any atom is 0.337 e. The predicted octanol–water partition coefficient (Wildman–Crippen LogP) is 1.98. The summed E-state index contributed by atoms with van der Waals surface area (Å²) < 4.78 is 0. The van der Waals surface area contributed by atoms with E-state index in [4.69, 9.17) is 22.4 Å². The Morgan fingerprint density at radius 1 is 1.56 bits per heavy atom. The second kappa shape index (κ2) is 5.93. The summed E-state index contributed by atoms with van der Waals surface area (Å²) in [6.45, 7) is 2.72. The Labute approximate surface area is 112 Å². The summed E-state index contributed by atoms with van der Waals surface area (Å²) in [7, 11) is 3.89. The predicted molar refractivity (Wildman–Crippen MR) is 74.5 cm³/mol. The number of carboxylic acid groups (broad SMARTS) is 1. The molecule has 0 spiro atoms. The third-order valence-corrected chi connectivity index (χ3v) is 2.67. The first-order valence-electron chi connectivity index (χ1n) is 5.55. The van der Waals surface area contributed by atoms with Gasteiger partial charge in [-0.1, -0.05) is 11.6 Å². The van der Waals surface area contributed by atoms with Gasteiger partial charge in [0.2, 0.25) is 0 Å². The number of nitrogen functional groups attached to an aromatic ring is 1. The summed E-state index contributed by atoms with van der Waals surface area (Å²) in [5.74, 6) is -1.05. The van der Waals surface area contributed by atoms with Gasteiger partial charge in [-0.05, 0) is 33.2 Å². The van der Waals surface area contributed by atoms with Crippen LogP contribution in [0.2, 0.25) is 5.02 Å². The van der Waals surface area contributed by atoms with Crippen LogP contribution in [0.5, 0.6) is 0 Å². The first-order valence-corrected chi connectivity index (χ1v) is 5.92. The van der Waals surface area contributed by atoms with Gasteiger partial charge in [0, 0.05) is 18.3 Å². The molecule has 1 atom stereocenters. The van der Waals surface area contributed by atoms with Crippen LogP contribution in [0.4, 0.5) is 11.4 Å². The Balaban J connectivity index is 3.03. The number of nitrogens with zero attached hydrogens (tertiary/aromatic N) is 1. The molecule has 0 bridgehead atoms. The summed E-state index contributed by atoms with van der Waals surface area (Å²) in [5, 5.41) is 12.6. The molecule has 1 aromatic rings. The zero-order chi connectivity index (χ0) is 13.9. The van der Waals surface area contributed by atoms with Crippen LogP contribution >= 0.6 is 11.6 Å². The van der Waals surface area contributed by atoms with Gasteiger partial charge < -0.3 is 21.1 Å². The molecule has 0 saturated heterocycles. The number of aromatic carboxylic acids is 1. The molecule has 4 N–H and O–H groups in total. The number of likely N-dealkylation sites (N-methyl/N-ethyl adjacent to an activating group) is 1. The van der Waals surface area contributed by atoms with Crippen LogP contribution in [0.1, 0.15) is 17.3 Å². The molecule has 0 aromatic heterocycles. The maximum absolute atomic E-state index is 11.2. The van der Waals surface area contributed by atoms with E-state index >= 15 is 0 Å². The number of carbonyl (C=O) groups is 1. The van der Waals surface area contributed by atoms with Crippen LogP contribution in [-0.2, 0) is 0 Å². The zero-order valence-corrected chi connectivity index (χ0v) is 11.5. The number of nitrogens with one attached hydrogen (secondary N) is 1. The van der Waals surface area contributed by atoms with E-state index in [-0.39, 0.29) is 11.6 Å². The fourth-order valence-corrected chi connectivity index (χ4v) is 2.07. The van der Waals surface area contributed by atoms with Crippen molar-refractivity contribution in [3.63, 3.8) is 0 Å². The van der Waals surface area contributed by atoms with Crippen LogP contribution in [0.25, 0.3) is 0 Å². The molecule has 1 unspecified atom stereocenters. The molecule has 5 nitrogen and oxygen atoms in total. The highest BCUT2D eigenvalue weighted by Gasteiger charge is 2.16. The largest absolute Gasteiger partial charge is 0.478 e. The molecule has 0 amide bonds. The van der Waals surface area contributed by atoms with Crippen molar-refractivity contribution in [3.8, 4) is 0 Å². The van der Waals surface area contributed by atoms with Crippen LogP contribution in [0.3, 0.4) is 0 Å². The second-order valence-electron chi connectivity index (χ2n) is 4.54. The third-order valence-electron chi connectivity index (χ3n) is 2.37. The molecule has 18 heavy (non-hydrogen) atoms. The van der Waals surface area contributed by atoms with E-state index in [1.165, 1.54) is 6.07 Å². The average molecular weight is 272 g/mol. The first kappa shape index (κ1) is 14.6. The van der Waals surface area contributed by atoms with Gasteiger partial charge in [0.05, 0.1) is 16.3 Å². The van der Waals surface area contributed by atoms with Crippen LogP contribution < -0.4 is 11.1 Å². The molecule has 0 heterocycles. The minimum absolute atomic E-state index is 0.0687. The van der Waals surface area contributed by atoms with Crippen molar-refractivity contribution in [2.45, 2.75) is 13.0 Å². The van der Waals surface area contributed by atoms with Gasteiger partial charge in [0.1, 0.15) is 0 Å². The second-order valence-corrected chi connectivity index (χ2v) is 4.95. The van der Waals surface area contributed by atoms with E-state index in [1.54, 1.807) is 6.07 Å². The first-order chi connectivity index (χ1) is 8.31. The van der Waals surface area contributed by atoms with E-state index in [1.807, 2.05) is 25.9 Å². The molecule has 0 fully saturated rings.